The number of hydrogen-bond acceptors (Lipinski definition) is 4. The van der Waals surface area contributed by atoms with Crippen LogP contribution in [0.2, 0.25) is 0 Å². The van der Waals surface area contributed by atoms with Gasteiger partial charge in [-0.3, -0.25) is 4.99 Å². The topological polar surface area (TPSA) is 65.7 Å². The van der Waals surface area contributed by atoms with E-state index < -0.39 is 0 Å². The van der Waals surface area contributed by atoms with Gasteiger partial charge in [-0.2, -0.15) is 0 Å². The van der Waals surface area contributed by atoms with E-state index in [9.17, 15) is 0 Å². The molecule has 0 fully saturated rings. The van der Waals surface area contributed by atoms with Gasteiger partial charge in [0.2, 0.25) is 0 Å². The van der Waals surface area contributed by atoms with Gasteiger partial charge in [-0.25, -0.2) is 0 Å². The molecule has 144 valence electrons. The van der Waals surface area contributed by atoms with Crippen molar-refractivity contribution in [3.05, 3.63) is 17.0 Å². The number of aromatic nitrogens is 1. The highest BCUT2D eigenvalue weighted by molar-refractivity contribution is 5.80. The molecule has 0 aliphatic heterocycles. The second kappa shape index (κ2) is 11.9. The van der Waals surface area contributed by atoms with Crippen LogP contribution in [0.3, 0.4) is 0 Å². The highest BCUT2D eigenvalue weighted by Gasteiger charge is 2.09. The second-order valence-electron chi connectivity index (χ2n) is 6.53. The normalized spacial score (nSPS) is 13.3. The average Bonchev–Trinajstić information content (AvgIpc) is 2.90. The summed E-state index contributed by atoms with van der Waals surface area (Å²) in [5.41, 5.74) is 2.14. The Morgan fingerprint density at radius 2 is 1.96 bits per heavy atom. The molecule has 0 saturated heterocycles. The molecule has 0 saturated carbocycles. The van der Waals surface area contributed by atoms with Gasteiger partial charge in [-0.1, -0.05) is 19.0 Å². The number of nitrogens with zero attached hydrogens (tertiary/aromatic N) is 3. The van der Waals surface area contributed by atoms with Gasteiger partial charge in [-0.05, 0) is 66.6 Å². The lowest BCUT2D eigenvalue weighted by Crippen LogP contribution is -2.42. The number of aryl methyl sites for hydroxylation is 2. The van der Waals surface area contributed by atoms with Gasteiger partial charge in [-0.15, -0.1) is 0 Å². The van der Waals surface area contributed by atoms with Crippen molar-refractivity contribution in [1.82, 2.24) is 20.7 Å². The number of guanidine groups is 1. The molecule has 1 aromatic rings. The van der Waals surface area contributed by atoms with Crippen molar-refractivity contribution in [2.75, 3.05) is 32.7 Å². The van der Waals surface area contributed by atoms with Crippen LogP contribution in [0.1, 0.15) is 57.6 Å². The summed E-state index contributed by atoms with van der Waals surface area (Å²) < 4.78 is 5.21. The monoisotopic (exact) mass is 351 g/mol. The zero-order valence-electron chi connectivity index (χ0n) is 17.0. The van der Waals surface area contributed by atoms with Crippen LogP contribution in [0.15, 0.2) is 9.52 Å². The fourth-order valence-corrected chi connectivity index (χ4v) is 2.92. The largest absolute Gasteiger partial charge is 0.361 e. The van der Waals surface area contributed by atoms with Crippen LogP contribution in [0.5, 0.6) is 0 Å². The van der Waals surface area contributed by atoms with Crippen LogP contribution >= 0.6 is 0 Å². The zero-order valence-corrected chi connectivity index (χ0v) is 17.0. The lowest BCUT2D eigenvalue weighted by atomic mass is 10.1. The van der Waals surface area contributed by atoms with Gasteiger partial charge >= 0.3 is 0 Å². The van der Waals surface area contributed by atoms with E-state index in [4.69, 9.17) is 9.52 Å². The van der Waals surface area contributed by atoms with Crippen molar-refractivity contribution < 1.29 is 4.52 Å². The Morgan fingerprint density at radius 1 is 1.24 bits per heavy atom. The second-order valence-corrected chi connectivity index (χ2v) is 6.53. The first-order chi connectivity index (χ1) is 12.0. The Balaban J connectivity index is 2.44. The lowest BCUT2D eigenvalue weighted by Gasteiger charge is -2.21. The SMILES string of the molecule is CCNC(=NCCc1c(C)noc1C)NC(C)CCCN(CC)CC. The summed E-state index contributed by atoms with van der Waals surface area (Å²) >= 11 is 0. The van der Waals surface area contributed by atoms with Crippen molar-refractivity contribution in [2.45, 2.75) is 66.8 Å². The van der Waals surface area contributed by atoms with Gasteiger partial charge in [0.15, 0.2) is 5.96 Å². The first kappa shape index (κ1) is 21.5. The fraction of sp³-hybridized carbons (Fsp3) is 0.789. The van der Waals surface area contributed by atoms with Gasteiger partial charge in [0.05, 0.1) is 5.69 Å². The molecule has 0 amide bonds. The summed E-state index contributed by atoms with van der Waals surface area (Å²) in [5, 5.41) is 10.9. The molecule has 1 rings (SSSR count). The van der Waals surface area contributed by atoms with Crippen molar-refractivity contribution in [3.63, 3.8) is 0 Å². The average molecular weight is 352 g/mol. The number of aliphatic imine (C=N–C) groups is 1. The molecule has 6 heteroatoms. The molecule has 1 aromatic heterocycles. The first-order valence-corrected chi connectivity index (χ1v) is 9.70. The van der Waals surface area contributed by atoms with Gasteiger partial charge in [0.1, 0.15) is 5.76 Å². The molecule has 25 heavy (non-hydrogen) atoms. The molecule has 1 unspecified atom stereocenters. The molecule has 0 aliphatic carbocycles. The van der Waals surface area contributed by atoms with Crippen LogP contribution in [-0.4, -0.2) is 54.8 Å². The van der Waals surface area contributed by atoms with Crippen molar-refractivity contribution in [1.29, 1.82) is 0 Å². The molecule has 1 atom stereocenters. The summed E-state index contributed by atoms with van der Waals surface area (Å²) in [5.74, 6) is 1.79. The standard InChI is InChI=1S/C19H37N5O/c1-7-20-19(21-13-12-18-16(5)23-25-17(18)6)22-15(4)11-10-14-24(8-2)9-3/h15H,7-14H2,1-6H3,(H2,20,21,22). The highest BCUT2D eigenvalue weighted by Crippen LogP contribution is 2.12. The Morgan fingerprint density at radius 3 is 2.52 bits per heavy atom. The molecule has 0 spiro atoms. The van der Waals surface area contributed by atoms with Crippen LogP contribution in [-0.2, 0) is 6.42 Å². The van der Waals surface area contributed by atoms with E-state index in [1.165, 1.54) is 18.5 Å². The Bertz CT molecular complexity index is 488. The summed E-state index contributed by atoms with van der Waals surface area (Å²) in [6, 6.07) is 0.410. The molecule has 0 aromatic carbocycles. The number of rotatable bonds is 11. The Labute approximate surface area is 153 Å². The first-order valence-electron chi connectivity index (χ1n) is 9.70. The van der Waals surface area contributed by atoms with Gasteiger partial charge in [0, 0.05) is 24.7 Å². The summed E-state index contributed by atoms with van der Waals surface area (Å²) in [6.07, 6.45) is 3.20. The molecular formula is C19H37N5O. The molecule has 1 heterocycles. The van der Waals surface area contributed by atoms with E-state index in [1.54, 1.807) is 0 Å². The minimum atomic E-state index is 0.410. The van der Waals surface area contributed by atoms with Crippen molar-refractivity contribution in [3.8, 4) is 0 Å². The van der Waals surface area contributed by atoms with Gasteiger partial charge < -0.3 is 20.1 Å². The Kier molecular flexibility index (Phi) is 10.2. The minimum Gasteiger partial charge on any atom is -0.361 e. The number of hydrogen-bond donors (Lipinski definition) is 2. The van der Waals surface area contributed by atoms with Crippen LogP contribution in [0.4, 0.5) is 0 Å². The van der Waals surface area contributed by atoms with E-state index in [2.05, 4.69) is 48.4 Å². The molecule has 6 nitrogen and oxygen atoms in total. The Hall–Kier alpha value is -1.56. The zero-order chi connectivity index (χ0) is 18.7. The van der Waals surface area contributed by atoms with Crippen molar-refractivity contribution in [2.24, 2.45) is 4.99 Å². The quantitative estimate of drug-likeness (QED) is 0.474. The van der Waals surface area contributed by atoms with E-state index in [0.717, 1.165) is 56.4 Å². The maximum atomic E-state index is 5.21. The third-order valence-corrected chi connectivity index (χ3v) is 4.55. The maximum absolute atomic E-state index is 5.21. The van der Waals surface area contributed by atoms with E-state index in [1.807, 2.05) is 13.8 Å². The van der Waals surface area contributed by atoms with Crippen LogP contribution < -0.4 is 10.6 Å². The third kappa shape index (κ3) is 7.90. The molecule has 2 N–H and O–H groups in total. The molecule has 0 aliphatic rings. The summed E-state index contributed by atoms with van der Waals surface area (Å²) in [7, 11) is 0. The lowest BCUT2D eigenvalue weighted by molar-refractivity contribution is 0.292. The molecular weight excluding hydrogens is 314 g/mol. The van der Waals surface area contributed by atoms with E-state index >= 15 is 0 Å². The summed E-state index contributed by atoms with van der Waals surface area (Å²) in [6.45, 7) is 17.7. The minimum absolute atomic E-state index is 0.410. The summed E-state index contributed by atoms with van der Waals surface area (Å²) in [4.78, 5) is 7.17. The highest BCUT2D eigenvalue weighted by atomic mass is 16.5. The van der Waals surface area contributed by atoms with Crippen LogP contribution in [0, 0.1) is 13.8 Å². The third-order valence-electron chi connectivity index (χ3n) is 4.55. The van der Waals surface area contributed by atoms with E-state index in [-0.39, 0.29) is 0 Å². The fourth-order valence-electron chi connectivity index (χ4n) is 2.92. The smallest absolute Gasteiger partial charge is 0.191 e. The molecule has 0 bridgehead atoms. The predicted octanol–water partition coefficient (Wildman–Crippen LogP) is 2.90. The number of nitrogens with one attached hydrogen (secondary N) is 2. The van der Waals surface area contributed by atoms with Crippen molar-refractivity contribution >= 4 is 5.96 Å². The predicted molar refractivity (Wildman–Crippen MR) is 105 cm³/mol. The van der Waals surface area contributed by atoms with E-state index in [0.29, 0.717) is 6.04 Å². The van der Waals surface area contributed by atoms with Crippen LogP contribution in [0.25, 0.3) is 0 Å². The maximum Gasteiger partial charge on any atom is 0.191 e. The molecule has 0 radical (unpaired) electrons. The van der Waals surface area contributed by atoms with Gasteiger partial charge in [0.25, 0.3) is 0 Å².